The van der Waals surface area contributed by atoms with Crippen LogP contribution in [-0.2, 0) is 19.9 Å². The van der Waals surface area contributed by atoms with E-state index in [0.717, 1.165) is 4.47 Å². The molecule has 2 aliphatic heterocycles. The summed E-state index contributed by atoms with van der Waals surface area (Å²) in [5.41, 5.74) is 6.10. The van der Waals surface area contributed by atoms with Gasteiger partial charge in [-0.15, -0.1) is 0 Å². The number of rotatable bonds is 4. The first-order valence-corrected chi connectivity index (χ1v) is 9.73. The maximum Gasteiger partial charge on any atom is 0.250 e. The average Bonchev–Trinajstić information content (AvgIpc) is 3.15. The van der Waals surface area contributed by atoms with Crippen LogP contribution in [0.3, 0.4) is 0 Å². The first kappa shape index (κ1) is 18.6. The lowest BCUT2D eigenvalue weighted by atomic mass is 9.79. The van der Waals surface area contributed by atoms with Gasteiger partial charge in [0, 0.05) is 33.9 Å². The van der Waals surface area contributed by atoms with Gasteiger partial charge in [0.15, 0.2) is 0 Å². The standard InChI is InChI=1S/C20H19BrN4O3/c21-11-6-7-16-14(8-11)20(19(28)24-16)15(9-13(25-20)10-17(22)26)18(27)23-12-4-2-1-3-5-12/h1-8,13,15,25H,9-10H2,(H2,22,26)(H,23,27)(H,24,28)/t13-,15-,20-/m1/s1. The van der Waals surface area contributed by atoms with Gasteiger partial charge >= 0.3 is 0 Å². The van der Waals surface area contributed by atoms with Gasteiger partial charge in [0.05, 0.1) is 5.92 Å². The number of fused-ring (bicyclic) bond motifs is 2. The van der Waals surface area contributed by atoms with Crippen molar-refractivity contribution < 1.29 is 14.4 Å². The summed E-state index contributed by atoms with van der Waals surface area (Å²) in [6, 6.07) is 14.1. The first-order valence-electron chi connectivity index (χ1n) is 8.93. The number of nitrogens with two attached hydrogens (primary N) is 1. The van der Waals surface area contributed by atoms with Crippen LogP contribution in [0.5, 0.6) is 0 Å². The molecular weight excluding hydrogens is 424 g/mol. The molecule has 2 aromatic carbocycles. The Morgan fingerprint density at radius 3 is 2.68 bits per heavy atom. The van der Waals surface area contributed by atoms with E-state index in [1.807, 2.05) is 30.3 Å². The molecular formula is C20H19BrN4O3. The van der Waals surface area contributed by atoms with E-state index in [0.29, 0.717) is 23.4 Å². The fraction of sp³-hybridized carbons (Fsp3) is 0.250. The molecule has 0 unspecified atom stereocenters. The predicted molar refractivity (Wildman–Crippen MR) is 108 cm³/mol. The maximum atomic E-state index is 13.2. The number of carbonyl (C=O) groups is 3. The summed E-state index contributed by atoms with van der Waals surface area (Å²) >= 11 is 3.44. The molecule has 0 bridgehead atoms. The van der Waals surface area contributed by atoms with E-state index >= 15 is 0 Å². The minimum Gasteiger partial charge on any atom is -0.370 e. The second-order valence-corrected chi connectivity index (χ2v) is 8.02. The van der Waals surface area contributed by atoms with Crippen LogP contribution in [0.25, 0.3) is 0 Å². The zero-order valence-corrected chi connectivity index (χ0v) is 16.5. The van der Waals surface area contributed by atoms with Crippen molar-refractivity contribution in [2.24, 2.45) is 11.7 Å². The van der Waals surface area contributed by atoms with Gasteiger partial charge in [-0.2, -0.15) is 0 Å². The number of carbonyl (C=O) groups excluding carboxylic acids is 3. The van der Waals surface area contributed by atoms with Crippen LogP contribution in [0, 0.1) is 5.92 Å². The number of amides is 3. The highest BCUT2D eigenvalue weighted by molar-refractivity contribution is 9.10. The molecule has 2 aliphatic rings. The number of hydrogen-bond acceptors (Lipinski definition) is 4. The van der Waals surface area contributed by atoms with Crippen molar-refractivity contribution in [3.8, 4) is 0 Å². The molecule has 28 heavy (non-hydrogen) atoms. The average molecular weight is 443 g/mol. The van der Waals surface area contributed by atoms with Crippen LogP contribution in [0.15, 0.2) is 53.0 Å². The molecule has 144 valence electrons. The van der Waals surface area contributed by atoms with Crippen LogP contribution in [0.2, 0.25) is 0 Å². The molecule has 7 nitrogen and oxygen atoms in total. The van der Waals surface area contributed by atoms with E-state index in [2.05, 4.69) is 31.9 Å². The van der Waals surface area contributed by atoms with Gasteiger partial charge in [0.25, 0.3) is 0 Å². The Morgan fingerprint density at radius 1 is 1.21 bits per heavy atom. The molecule has 3 atom stereocenters. The normalized spacial score (nSPS) is 25.4. The summed E-state index contributed by atoms with van der Waals surface area (Å²) in [6.07, 6.45) is 0.370. The van der Waals surface area contributed by atoms with Gasteiger partial charge in [0.1, 0.15) is 5.54 Å². The molecule has 0 radical (unpaired) electrons. The van der Waals surface area contributed by atoms with Crippen molar-refractivity contribution in [3.05, 3.63) is 58.6 Å². The van der Waals surface area contributed by atoms with Crippen LogP contribution in [0.4, 0.5) is 11.4 Å². The van der Waals surface area contributed by atoms with E-state index in [9.17, 15) is 14.4 Å². The topological polar surface area (TPSA) is 113 Å². The number of nitrogens with one attached hydrogen (secondary N) is 3. The van der Waals surface area contributed by atoms with Crippen LogP contribution in [0.1, 0.15) is 18.4 Å². The van der Waals surface area contributed by atoms with Gasteiger partial charge in [0.2, 0.25) is 17.7 Å². The zero-order chi connectivity index (χ0) is 19.9. The third kappa shape index (κ3) is 3.08. The SMILES string of the molecule is NC(=O)C[C@H]1C[C@H](C(=O)Nc2ccccc2)[C@@]2(N1)C(=O)Nc1ccc(Br)cc12. The Hall–Kier alpha value is -2.71. The minimum absolute atomic E-state index is 0.0491. The summed E-state index contributed by atoms with van der Waals surface area (Å²) in [4.78, 5) is 37.7. The molecule has 4 rings (SSSR count). The summed E-state index contributed by atoms with van der Waals surface area (Å²) < 4.78 is 0.796. The van der Waals surface area contributed by atoms with Crippen LogP contribution >= 0.6 is 15.9 Å². The third-order valence-corrected chi connectivity index (χ3v) is 5.79. The van der Waals surface area contributed by atoms with E-state index in [1.54, 1.807) is 18.2 Å². The number of halogens is 1. The van der Waals surface area contributed by atoms with Crippen molar-refractivity contribution in [1.29, 1.82) is 0 Å². The molecule has 1 spiro atoms. The van der Waals surface area contributed by atoms with Gasteiger partial charge in [-0.3, -0.25) is 19.7 Å². The Balaban J connectivity index is 1.75. The number of para-hydroxylation sites is 1. The summed E-state index contributed by atoms with van der Waals surface area (Å²) in [6.45, 7) is 0. The first-order chi connectivity index (χ1) is 13.4. The Labute approximate surface area is 170 Å². The van der Waals surface area contributed by atoms with Gasteiger partial charge in [-0.1, -0.05) is 34.1 Å². The fourth-order valence-corrected chi connectivity index (χ4v) is 4.52. The Morgan fingerprint density at radius 2 is 1.96 bits per heavy atom. The molecule has 2 aromatic rings. The molecule has 5 N–H and O–H groups in total. The highest BCUT2D eigenvalue weighted by atomic mass is 79.9. The molecule has 0 aliphatic carbocycles. The summed E-state index contributed by atoms with van der Waals surface area (Å²) in [5.74, 6) is -1.77. The van der Waals surface area contributed by atoms with E-state index in [-0.39, 0.29) is 24.3 Å². The number of benzene rings is 2. The molecule has 1 saturated heterocycles. The number of hydrogen-bond donors (Lipinski definition) is 4. The second kappa shape index (κ2) is 7.03. The Kier molecular flexibility index (Phi) is 4.68. The molecule has 2 heterocycles. The zero-order valence-electron chi connectivity index (χ0n) is 14.9. The number of primary amides is 1. The number of anilines is 2. The van der Waals surface area contributed by atoms with Gasteiger partial charge in [-0.05, 0) is 36.8 Å². The molecule has 0 aromatic heterocycles. The monoisotopic (exact) mass is 442 g/mol. The largest absolute Gasteiger partial charge is 0.370 e. The smallest absolute Gasteiger partial charge is 0.250 e. The van der Waals surface area contributed by atoms with Crippen molar-refractivity contribution in [2.45, 2.75) is 24.4 Å². The summed E-state index contributed by atoms with van der Waals surface area (Å²) in [7, 11) is 0. The molecule has 1 fully saturated rings. The van der Waals surface area contributed by atoms with Crippen molar-refractivity contribution in [1.82, 2.24) is 5.32 Å². The molecule has 8 heteroatoms. The molecule has 3 amide bonds. The lowest BCUT2D eigenvalue weighted by Crippen LogP contribution is -2.52. The second-order valence-electron chi connectivity index (χ2n) is 7.11. The highest BCUT2D eigenvalue weighted by Gasteiger charge is 2.60. The van der Waals surface area contributed by atoms with Gasteiger partial charge in [-0.25, -0.2) is 0 Å². The van der Waals surface area contributed by atoms with Crippen LogP contribution < -0.4 is 21.7 Å². The lowest BCUT2D eigenvalue weighted by molar-refractivity contribution is -0.130. The van der Waals surface area contributed by atoms with Crippen molar-refractivity contribution >= 4 is 45.0 Å². The van der Waals surface area contributed by atoms with Gasteiger partial charge < -0.3 is 16.4 Å². The quantitative estimate of drug-likeness (QED) is 0.580. The van der Waals surface area contributed by atoms with Crippen LogP contribution in [-0.4, -0.2) is 23.8 Å². The van der Waals surface area contributed by atoms with E-state index < -0.39 is 17.4 Å². The lowest BCUT2D eigenvalue weighted by Gasteiger charge is -2.29. The highest BCUT2D eigenvalue weighted by Crippen LogP contribution is 2.48. The minimum atomic E-state index is -1.25. The van der Waals surface area contributed by atoms with E-state index in [4.69, 9.17) is 5.73 Å². The maximum absolute atomic E-state index is 13.2. The van der Waals surface area contributed by atoms with Crippen molar-refractivity contribution in [2.75, 3.05) is 10.6 Å². The third-order valence-electron chi connectivity index (χ3n) is 5.29. The fourth-order valence-electron chi connectivity index (χ4n) is 4.16. The Bertz CT molecular complexity index is 965. The molecule has 0 saturated carbocycles. The van der Waals surface area contributed by atoms with Crippen molar-refractivity contribution in [3.63, 3.8) is 0 Å². The predicted octanol–water partition coefficient (Wildman–Crippen LogP) is 2.09. The summed E-state index contributed by atoms with van der Waals surface area (Å²) in [5, 5.41) is 9.00. The van der Waals surface area contributed by atoms with E-state index in [1.165, 1.54) is 0 Å².